The fourth-order valence-corrected chi connectivity index (χ4v) is 4.63. The molecule has 3 aromatic rings. The lowest BCUT2D eigenvalue weighted by Crippen LogP contribution is -2.57. The number of phenolic OH excluding ortho intramolecular Hbond substituents is 1. The molecule has 4 atom stereocenters. The number of aromatic hydroxyl groups is 1. The van der Waals surface area contributed by atoms with Gasteiger partial charge in [0.25, 0.3) is 0 Å². The van der Waals surface area contributed by atoms with Crippen LogP contribution in [-0.4, -0.2) is 75.1 Å². The van der Waals surface area contributed by atoms with Gasteiger partial charge in [0.2, 0.25) is 17.7 Å². The van der Waals surface area contributed by atoms with Crippen molar-refractivity contribution in [2.45, 2.75) is 50.4 Å². The van der Waals surface area contributed by atoms with Crippen LogP contribution in [-0.2, 0) is 32.0 Å². The summed E-state index contributed by atoms with van der Waals surface area (Å²) in [4.78, 5) is 53.9. The predicted octanol–water partition coefficient (Wildman–Crippen LogP) is 1.30. The minimum atomic E-state index is -1.16. The first-order valence-corrected chi connectivity index (χ1v) is 14.2. The van der Waals surface area contributed by atoms with E-state index in [-0.39, 0.29) is 25.0 Å². The highest BCUT2D eigenvalue weighted by atomic mass is 32.2. The summed E-state index contributed by atoms with van der Waals surface area (Å²) in [6.07, 6.45) is 4.09. The van der Waals surface area contributed by atoms with E-state index in [4.69, 9.17) is 5.73 Å². The molecule has 11 nitrogen and oxygen atoms in total. The van der Waals surface area contributed by atoms with Crippen molar-refractivity contribution in [2.24, 2.45) is 5.73 Å². The van der Waals surface area contributed by atoms with Crippen molar-refractivity contribution in [3.8, 4) is 5.75 Å². The van der Waals surface area contributed by atoms with Crippen molar-refractivity contribution in [1.82, 2.24) is 20.9 Å². The molecule has 1 aromatic heterocycles. The van der Waals surface area contributed by atoms with E-state index in [0.29, 0.717) is 5.75 Å². The van der Waals surface area contributed by atoms with Crippen molar-refractivity contribution in [3.05, 3.63) is 65.9 Å². The summed E-state index contributed by atoms with van der Waals surface area (Å²) in [6.45, 7) is 1.47. The number of rotatable bonds is 14. The lowest BCUT2D eigenvalue weighted by Gasteiger charge is -2.24. The molecule has 0 radical (unpaired) electrons. The van der Waals surface area contributed by atoms with Crippen LogP contribution >= 0.6 is 11.8 Å². The van der Waals surface area contributed by atoms with Crippen LogP contribution in [0.15, 0.2) is 54.7 Å². The third-order valence-corrected chi connectivity index (χ3v) is 7.08. The molecule has 0 fully saturated rings. The maximum atomic E-state index is 13.3. The molecular formula is C28H35N5O6S. The van der Waals surface area contributed by atoms with E-state index in [9.17, 15) is 29.4 Å². The second-order valence-corrected chi connectivity index (χ2v) is 10.5. The number of carbonyl (C=O) groups is 4. The number of benzene rings is 2. The van der Waals surface area contributed by atoms with Crippen molar-refractivity contribution in [3.63, 3.8) is 0 Å². The molecular weight excluding hydrogens is 534 g/mol. The van der Waals surface area contributed by atoms with E-state index in [0.717, 1.165) is 22.0 Å². The Morgan fingerprint density at radius 1 is 0.925 bits per heavy atom. The smallest absolute Gasteiger partial charge is 0.326 e. The van der Waals surface area contributed by atoms with Gasteiger partial charge in [-0.2, -0.15) is 11.8 Å². The van der Waals surface area contributed by atoms with Crippen LogP contribution in [0, 0.1) is 0 Å². The summed E-state index contributed by atoms with van der Waals surface area (Å²) in [5.74, 6) is -2.36. The highest BCUT2D eigenvalue weighted by Gasteiger charge is 2.29. The molecule has 0 saturated carbocycles. The normalized spacial score (nSPS) is 14.1. The van der Waals surface area contributed by atoms with E-state index in [1.807, 2.05) is 30.5 Å². The Balaban J connectivity index is 1.71. The molecule has 0 aliphatic carbocycles. The maximum Gasteiger partial charge on any atom is 0.326 e. The van der Waals surface area contributed by atoms with Gasteiger partial charge >= 0.3 is 5.97 Å². The third-order valence-electron chi connectivity index (χ3n) is 6.44. The first-order chi connectivity index (χ1) is 19.1. The number of carboxylic acids is 1. The van der Waals surface area contributed by atoms with E-state index in [1.165, 1.54) is 30.8 Å². The second-order valence-electron chi connectivity index (χ2n) is 9.51. The molecule has 0 saturated heterocycles. The molecule has 3 amide bonds. The van der Waals surface area contributed by atoms with Crippen LogP contribution in [0.5, 0.6) is 5.75 Å². The average molecular weight is 570 g/mol. The van der Waals surface area contributed by atoms with Gasteiger partial charge in [0.05, 0.1) is 6.04 Å². The van der Waals surface area contributed by atoms with E-state index >= 15 is 0 Å². The highest BCUT2D eigenvalue weighted by Crippen LogP contribution is 2.19. The molecule has 3 rings (SSSR count). The fourth-order valence-electron chi connectivity index (χ4n) is 4.16. The molecule has 0 spiro atoms. The van der Waals surface area contributed by atoms with E-state index < -0.39 is 47.9 Å². The van der Waals surface area contributed by atoms with Gasteiger partial charge in [0.15, 0.2) is 0 Å². The quantitative estimate of drug-likeness (QED) is 0.151. The number of aromatic amines is 1. The average Bonchev–Trinajstić information content (AvgIpc) is 3.34. The molecule has 214 valence electrons. The molecule has 0 aliphatic heterocycles. The van der Waals surface area contributed by atoms with Crippen LogP contribution in [0.4, 0.5) is 0 Å². The van der Waals surface area contributed by atoms with Gasteiger partial charge in [-0.1, -0.05) is 30.3 Å². The number of phenols is 1. The molecule has 12 heteroatoms. The Labute approximate surface area is 236 Å². The minimum absolute atomic E-state index is 0.0946. The summed E-state index contributed by atoms with van der Waals surface area (Å²) < 4.78 is 0. The molecule has 8 N–H and O–H groups in total. The Kier molecular flexibility index (Phi) is 11.0. The first-order valence-electron chi connectivity index (χ1n) is 12.8. The summed E-state index contributed by atoms with van der Waals surface area (Å²) in [7, 11) is 0. The van der Waals surface area contributed by atoms with Crippen molar-refractivity contribution in [2.75, 3.05) is 12.0 Å². The summed E-state index contributed by atoms with van der Waals surface area (Å²) in [5, 5.41) is 27.7. The molecule has 4 unspecified atom stereocenters. The zero-order chi connectivity index (χ0) is 29.2. The second kappa shape index (κ2) is 14.4. The molecule has 1 heterocycles. The Morgan fingerprint density at radius 2 is 1.60 bits per heavy atom. The number of hydrogen-bond acceptors (Lipinski definition) is 7. The first kappa shape index (κ1) is 30.5. The monoisotopic (exact) mass is 569 g/mol. The lowest BCUT2D eigenvalue weighted by molar-refractivity contribution is -0.142. The van der Waals surface area contributed by atoms with Crippen molar-refractivity contribution < 1.29 is 29.4 Å². The van der Waals surface area contributed by atoms with E-state index in [2.05, 4.69) is 20.9 Å². The highest BCUT2D eigenvalue weighted by molar-refractivity contribution is 7.98. The number of aliphatic carboxylic acids is 1. The number of thioether (sulfide) groups is 1. The van der Waals surface area contributed by atoms with Crippen LogP contribution in [0.25, 0.3) is 10.9 Å². The largest absolute Gasteiger partial charge is 0.508 e. The summed E-state index contributed by atoms with van der Waals surface area (Å²) in [5.41, 5.74) is 8.38. The van der Waals surface area contributed by atoms with Crippen LogP contribution in [0.3, 0.4) is 0 Å². The van der Waals surface area contributed by atoms with Crippen molar-refractivity contribution in [1.29, 1.82) is 0 Å². The molecule has 0 aliphatic rings. The van der Waals surface area contributed by atoms with Crippen LogP contribution in [0.2, 0.25) is 0 Å². The van der Waals surface area contributed by atoms with E-state index in [1.54, 1.807) is 18.3 Å². The number of para-hydroxylation sites is 1. The number of nitrogens with one attached hydrogen (secondary N) is 4. The number of hydrogen-bond donors (Lipinski definition) is 7. The van der Waals surface area contributed by atoms with Crippen molar-refractivity contribution >= 4 is 46.4 Å². The number of carbonyl (C=O) groups excluding carboxylic acids is 3. The minimum Gasteiger partial charge on any atom is -0.508 e. The number of carboxylic acid groups (broad SMARTS) is 1. The SMILES string of the molecule is CSCCC(NC(=O)C(Cc1c[nH]c2ccccc12)NC(=O)C(C)NC(=O)C(N)Cc1ccc(O)cc1)C(=O)O. The van der Waals surface area contributed by atoms with Gasteiger partial charge < -0.3 is 36.9 Å². The Morgan fingerprint density at radius 3 is 2.27 bits per heavy atom. The zero-order valence-electron chi connectivity index (χ0n) is 22.3. The number of H-pyrrole nitrogens is 1. The molecule has 40 heavy (non-hydrogen) atoms. The molecule has 2 aromatic carbocycles. The Bertz CT molecular complexity index is 1330. The van der Waals surface area contributed by atoms with Gasteiger partial charge in [0, 0.05) is 23.5 Å². The molecule has 0 bridgehead atoms. The van der Waals surface area contributed by atoms with Crippen LogP contribution < -0.4 is 21.7 Å². The number of amides is 3. The summed E-state index contributed by atoms with van der Waals surface area (Å²) >= 11 is 1.46. The van der Waals surface area contributed by atoms with Gasteiger partial charge in [0.1, 0.15) is 23.9 Å². The lowest BCUT2D eigenvalue weighted by atomic mass is 10.0. The Hall–Kier alpha value is -4.03. The van der Waals surface area contributed by atoms with Gasteiger partial charge in [-0.05, 0) is 61.1 Å². The number of nitrogens with two attached hydrogens (primary N) is 1. The topological polar surface area (TPSA) is 187 Å². The fraction of sp³-hybridized carbons (Fsp3) is 0.357. The third kappa shape index (κ3) is 8.48. The maximum absolute atomic E-state index is 13.3. The van der Waals surface area contributed by atoms with Gasteiger partial charge in [-0.15, -0.1) is 0 Å². The number of aromatic nitrogens is 1. The number of fused-ring (bicyclic) bond motifs is 1. The standard InChI is InChI=1S/C28H35N5O6S/c1-16(31-26(36)21(29)13-17-7-9-19(34)10-8-17)25(35)33-24(27(37)32-23(28(38)39)11-12-40-2)14-18-15-30-22-6-4-3-5-20(18)22/h3-10,15-16,21,23-24,30,34H,11-14,29H2,1-2H3,(H,31,36)(H,32,37)(H,33,35)(H,38,39). The van der Waals surface area contributed by atoms with Gasteiger partial charge in [-0.25, -0.2) is 4.79 Å². The van der Waals surface area contributed by atoms with Gasteiger partial charge in [-0.3, -0.25) is 14.4 Å². The predicted molar refractivity (Wildman–Crippen MR) is 154 cm³/mol. The van der Waals surface area contributed by atoms with Crippen LogP contribution in [0.1, 0.15) is 24.5 Å². The zero-order valence-corrected chi connectivity index (χ0v) is 23.2. The summed E-state index contributed by atoms with van der Waals surface area (Å²) in [6, 6.07) is 9.58.